The van der Waals surface area contributed by atoms with Crippen LogP contribution in [-0.4, -0.2) is 69.5 Å². The predicted octanol–water partition coefficient (Wildman–Crippen LogP) is 3.38. The summed E-state index contributed by atoms with van der Waals surface area (Å²) in [7, 11) is -3.18. The normalized spacial score (nSPS) is 21.5. The van der Waals surface area contributed by atoms with E-state index in [-0.39, 0.29) is 46.5 Å². The molecular weight excluding hydrogens is 514 g/mol. The Kier molecular flexibility index (Phi) is 6.36. The van der Waals surface area contributed by atoms with Crippen LogP contribution >= 0.6 is 0 Å². The van der Waals surface area contributed by atoms with Crippen LogP contribution in [0.2, 0.25) is 0 Å². The van der Waals surface area contributed by atoms with E-state index < -0.39 is 26.9 Å². The number of sulfone groups is 1. The lowest BCUT2D eigenvalue weighted by Gasteiger charge is -2.41. The molecule has 9 nitrogen and oxygen atoms in total. The minimum Gasteiger partial charge on any atom is -0.337 e. The zero-order valence-corrected chi connectivity index (χ0v) is 22.6. The molecule has 2 bridgehead atoms. The lowest BCUT2D eigenvalue weighted by Crippen LogP contribution is -2.48. The first-order valence-electron chi connectivity index (χ1n) is 12.6. The van der Waals surface area contributed by atoms with E-state index in [1.165, 1.54) is 29.1 Å². The van der Waals surface area contributed by atoms with E-state index in [9.17, 15) is 22.0 Å². The van der Waals surface area contributed by atoms with Crippen molar-refractivity contribution in [3.05, 3.63) is 59.0 Å². The molecule has 1 amide bonds. The van der Waals surface area contributed by atoms with Gasteiger partial charge in [-0.3, -0.25) is 9.48 Å². The summed E-state index contributed by atoms with van der Waals surface area (Å²) in [6.45, 7) is 7.08. The van der Waals surface area contributed by atoms with E-state index in [1.807, 2.05) is 6.92 Å². The second kappa shape index (κ2) is 9.18. The number of carbonyl (C=O) groups excluding carboxylic acids is 1. The molecule has 2 atom stereocenters. The monoisotopic (exact) mass is 544 g/mol. The van der Waals surface area contributed by atoms with Gasteiger partial charge >= 0.3 is 0 Å². The molecule has 5 rings (SSSR count). The summed E-state index contributed by atoms with van der Waals surface area (Å²) in [4.78, 5) is 15.2. The Morgan fingerprint density at radius 3 is 2.55 bits per heavy atom. The van der Waals surface area contributed by atoms with Gasteiger partial charge in [0.2, 0.25) is 0 Å². The summed E-state index contributed by atoms with van der Waals surface area (Å²) in [6, 6.07) is 5.47. The molecule has 0 N–H and O–H groups in total. The Morgan fingerprint density at radius 2 is 1.89 bits per heavy atom. The van der Waals surface area contributed by atoms with E-state index in [4.69, 9.17) is 0 Å². The number of nitrogens with zero attached hydrogens (tertiary/aromatic N) is 6. The summed E-state index contributed by atoms with van der Waals surface area (Å²) in [5.41, 5.74) is 1.01. The zero-order chi connectivity index (χ0) is 27.5. The molecule has 0 spiro atoms. The van der Waals surface area contributed by atoms with Gasteiger partial charge in [-0.2, -0.15) is 10.2 Å². The van der Waals surface area contributed by atoms with Crippen LogP contribution in [0.15, 0.2) is 30.5 Å². The maximum Gasteiger partial charge on any atom is 0.276 e. The van der Waals surface area contributed by atoms with E-state index in [2.05, 4.69) is 34.4 Å². The summed E-state index contributed by atoms with van der Waals surface area (Å²) < 4.78 is 53.3. The number of aromatic nitrogens is 5. The van der Waals surface area contributed by atoms with Crippen LogP contribution in [0.1, 0.15) is 61.3 Å². The molecule has 1 saturated carbocycles. The van der Waals surface area contributed by atoms with Crippen molar-refractivity contribution in [2.75, 3.05) is 25.1 Å². The molecule has 0 radical (unpaired) electrons. The van der Waals surface area contributed by atoms with Gasteiger partial charge in [-0.05, 0) is 54.9 Å². The Labute approximate surface area is 220 Å². The second-order valence-corrected chi connectivity index (χ2v) is 13.1. The molecule has 0 unspecified atom stereocenters. The zero-order valence-electron chi connectivity index (χ0n) is 21.8. The van der Waals surface area contributed by atoms with E-state index in [1.54, 1.807) is 11.0 Å². The Morgan fingerprint density at radius 1 is 1.18 bits per heavy atom. The van der Waals surface area contributed by atoms with Crippen molar-refractivity contribution in [3.8, 4) is 11.3 Å². The van der Waals surface area contributed by atoms with Crippen LogP contribution < -0.4 is 0 Å². The average Bonchev–Trinajstić information content (AvgIpc) is 3.48. The van der Waals surface area contributed by atoms with Crippen LogP contribution in [0, 0.1) is 17.0 Å². The second-order valence-electron chi connectivity index (χ2n) is 10.8. The number of carbonyl (C=O) groups is 1. The topological polar surface area (TPSA) is 111 Å². The number of halogens is 2. The van der Waals surface area contributed by atoms with Crippen LogP contribution in [-0.2, 0) is 21.8 Å². The van der Waals surface area contributed by atoms with E-state index in [0.29, 0.717) is 13.1 Å². The van der Waals surface area contributed by atoms with Gasteiger partial charge in [0.15, 0.2) is 5.69 Å². The Bertz CT molecular complexity index is 1500. The van der Waals surface area contributed by atoms with E-state index in [0.717, 1.165) is 30.4 Å². The molecule has 12 heteroatoms. The Hall–Kier alpha value is -3.28. The molecule has 1 fully saturated rings. The molecule has 38 heavy (non-hydrogen) atoms. The van der Waals surface area contributed by atoms with Crippen molar-refractivity contribution in [1.29, 1.82) is 0 Å². The standard InChI is InChI=1S/C26H30F2N6O3S/c1-5-33(24(35)21-14-34(32-30-21)11-12-38(4,36)37)15-26-10-9-17(25(26,2)3)16-13-20(29-31-23(16)26)22-18(27)7-6-8-19(22)28/h6-8,13-14,17H,5,9-12,15H2,1-4H3/t17-,26-/m0/s1. The number of hydrogen-bond donors (Lipinski definition) is 0. The molecule has 202 valence electrons. The lowest BCUT2D eigenvalue weighted by atomic mass is 9.68. The van der Waals surface area contributed by atoms with Crippen molar-refractivity contribution in [2.45, 2.75) is 51.5 Å². The third kappa shape index (κ3) is 4.18. The highest BCUT2D eigenvalue weighted by Gasteiger charge is 2.64. The van der Waals surface area contributed by atoms with Crippen LogP contribution in [0.25, 0.3) is 11.3 Å². The SMILES string of the molecule is CCN(C[C@@]12CC[C@@H](c3cc(-c4c(F)cccc4F)nnc31)C2(C)C)C(=O)c1cn(CCS(C)(=O)=O)nn1. The first kappa shape index (κ1) is 26.3. The first-order chi connectivity index (χ1) is 17.9. The minimum atomic E-state index is -3.18. The lowest BCUT2D eigenvalue weighted by molar-refractivity contribution is 0.0646. The molecule has 1 aromatic carbocycles. The minimum absolute atomic E-state index is 0.103. The number of amides is 1. The molecule has 0 saturated heterocycles. The van der Waals surface area contributed by atoms with Crippen molar-refractivity contribution in [2.24, 2.45) is 5.41 Å². The summed E-state index contributed by atoms with van der Waals surface area (Å²) >= 11 is 0. The fraction of sp³-hybridized carbons (Fsp3) is 0.500. The maximum atomic E-state index is 14.5. The third-order valence-electron chi connectivity index (χ3n) is 8.41. The number of hydrogen-bond acceptors (Lipinski definition) is 7. The maximum absolute atomic E-state index is 14.5. The fourth-order valence-electron chi connectivity index (χ4n) is 6.22. The molecule has 0 aliphatic heterocycles. The summed E-state index contributed by atoms with van der Waals surface area (Å²) in [6.07, 6.45) is 4.26. The van der Waals surface area contributed by atoms with Gasteiger partial charge in [-0.25, -0.2) is 17.2 Å². The number of aryl methyl sites for hydroxylation is 1. The van der Waals surface area contributed by atoms with Gasteiger partial charge < -0.3 is 4.90 Å². The van der Waals surface area contributed by atoms with Gasteiger partial charge in [0.1, 0.15) is 21.5 Å². The van der Waals surface area contributed by atoms with E-state index >= 15 is 0 Å². The molecular formula is C26H30F2N6O3S. The van der Waals surface area contributed by atoms with Gasteiger partial charge in [0, 0.05) is 24.8 Å². The molecule has 2 heterocycles. The van der Waals surface area contributed by atoms with Crippen molar-refractivity contribution >= 4 is 15.7 Å². The van der Waals surface area contributed by atoms with Crippen LogP contribution in [0.5, 0.6) is 0 Å². The molecule has 2 aliphatic carbocycles. The van der Waals surface area contributed by atoms with Gasteiger partial charge in [-0.15, -0.1) is 5.10 Å². The van der Waals surface area contributed by atoms with Crippen molar-refractivity contribution < 1.29 is 22.0 Å². The number of rotatable bonds is 8. The highest BCUT2D eigenvalue weighted by molar-refractivity contribution is 7.90. The van der Waals surface area contributed by atoms with Gasteiger partial charge in [0.05, 0.1) is 35.4 Å². The summed E-state index contributed by atoms with van der Waals surface area (Å²) in [5.74, 6) is -1.69. The van der Waals surface area contributed by atoms with Crippen LogP contribution in [0.3, 0.4) is 0 Å². The summed E-state index contributed by atoms with van der Waals surface area (Å²) in [5, 5.41) is 16.7. The highest BCUT2D eigenvalue weighted by Crippen LogP contribution is 2.67. The quantitative estimate of drug-likeness (QED) is 0.428. The molecule has 2 aromatic heterocycles. The van der Waals surface area contributed by atoms with Gasteiger partial charge in [-0.1, -0.05) is 25.1 Å². The fourth-order valence-corrected chi connectivity index (χ4v) is 6.74. The van der Waals surface area contributed by atoms with Crippen molar-refractivity contribution in [1.82, 2.24) is 30.1 Å². The number of fused-ring (bicyclic) bond motifs is 5. The predicted molar refractivity (Wildman–Crippen MR) is 136 cm³/mol. The average molecular weight is 545 g/mol. The highest BCUT2D eigenvalue weighted by atomic mass is 32.2. The third-order valence-corrected chi connectivity index (χ3v) is 9.34. The molecule has 2 aliphatic rings. The van der Waals surface area contributed by atoms with Crippen molar-refractivity contribution in [3.63, 3.8) is 0 Å². The first-order valence-corrected chi connectivity index (χ1v) is 14.6. The smallest absolute Gasteiger partial charge is 0.276 e. The number of likely N-dealkylation sites (N-methyl/N-ethyl adjacent to an activating group) is 1. The number of benzene rings is 1. The van der Waals surface area contributed by atoms with Gasteiger partial charge in [0.25, 0.3) is 5.91 Å². The Balaban J connectivity index is 1.46. The molecule has 3 aromatic rings. The van der Waals surface area contributed by atoms with Crippen LogP contribution in [0.4, 0.5) is 8.78 Å². The largest absolute Gasteiger partial charge is 0.337 e.